The van der Waals surface area contributed by atoms with Gasteiger partial charge in [-0.05, 0) is 38.2 Å². The molecule has 1 aromatic heterocycles. The van der Waals surface area contributed by atoms with E-state index in [1.165, 1.54) is 4.90 Å². The summed E-state index contributed by atoms with van der Waals surface area (Å²) in [7, 11) is 1.87. The van der Waals surface area contributed by atoms with Gasteiger partial charge < -0.3 is 5.32 Å². The lowest BCUT2D eigenvalue weighted by atomic mass is 10.3. The van der Waals surface area contributed by atoms with Gasteiger partial charge in [-0.1, -0.05) is 0 Å². The zero-order valence-corrected chi connectivity index (χ0v) is 10.8. The fourth-order valence-electron chi connectivity index (χ4n) is 1.67. The summed E-state index contributed by atoms with van der Waals surface area (Å²) in [5.41, 5.74) is 2.27. The van der Waals surface area contributed by atoms with Gasteiger partial charge in [0.1, 0.15) is 5.70 Å². The highest BCUT2D eigenvalue weighted by Crippen LogP contribution is 2.13. The minimum atomic E-state index is -0.0965. The standard InChI is InChI=1S/C11H14N4OS/c1-4-15-10(16)9(12-11(15)17)6-8-5-7(2)14(3)13-8/h5-6H,4H2,1-3H3,(H,12,17)/b9-6-. The van der Waals surface area contributed by atoms with Gasteiger partial charge in [-0.15, -0.1) is 0 Å². The van der Waals surface area contributed by atoms with Gasteiger partial charge in [-0.25, -0.2) is 0 Å². The number of nitrogens with zero attached hydrogens (tertiary/aromatic N) is 3. The van der Waals surface area contributed by atoms with E-state index in [9.17, 15) is 4.79 Å². The summed E-state index contributed by atoms with van der Waals surface area (Å²) in [4.78, 5) is 13.4. The lowest BCUT2D eigenvalue weighted by Crippen LogP contribution is -2.30. The Balaban J connectivity index is 2.30. The molecule has 2 rings (SSSR count). The molecule has 0 aromatic carbocycles. The molecule has 0 bridgehead atoms. The van der Waals surface area contributed by atoms with Crippen molar-refractivity contribution in [3.63, 3.8) is 0 Å². The number of hydrogen-bond acceptors (Lipinski definition) is 3. The quantitative estimate of drug-likeness (QED) is 0.623. The molecule has 1 aromatic rings. The van der Waals surface area contributed by atoms with Crippen LogP contribution < -0.4 is 5.32 Å². The average Bonchev–Trinajstić information content (AvgIpc) is 2.70. The van der Waals surface area contributed by atoms with Gasteiger partial charge in [-0.2, -0.15) is 5.10 Å². The van der Waals surface area contributed by atoms with Crippen LogP contribution >= 0.6 is 12.2 Å². The van der Waals surface area contributed by atoms with E-state index in [4.69, 9.17) is 12.2 Å². The summed E-state index contributed by atoms with van der Waals surface area (Å²) >= 11 is 5.07. The first-order valence-corrected chi connectivity index (χ1v) is 5.79. The van der Waals surface area contributed by atoms with Crippen molar-refractivity contribution in [2.45, 2.75) is 13.8 Å². The summed E-state index contributed by atoms with van der Waals surface area (Å²) in [6.07, 6.45) is 1.72. The number of aromatic nitrogens is 2. The monoisotopic (exact) mass is 250 g/mol. The topological polar surface area (TPSA) is 50.2 Å². The Kier molecular flexibility index (Phi) is 2.97. The van der Waals surface area contributed by atoms with E-state index in [0.29, 0.717) is 17.4 Å². The van der Waals surface area contributed by atoms with Crippen LogP contribution in [0, 0.1) is 6.92 Å². The molecule has 0 atom stereocenters. The molecule has 17 heavy (non-hydrogen) atoms. The number of aryl methyl sites for hydroxylation is 2. The molecule has 2 heterocycles. The van der Waals surface area contributed by atoms with Crippen molar-refractivity contribution in [2.75, 3.05) is 6.54 Å². The number of thiocarbonyl (C=S) groups is 1. The van der Waals surface area contributed by atoms with E-state index < -0.39 is 0 Å². The van der Waals surface area contributed by atoms with Crippen LogP contribution in [0.5, 0.6) is 0 Å². The highest BCUT2D eigenvalue weighted by molar-refractivity contribution is 7.80. The van der Waals surface area contributed by atoms with Gasteiger partial charge in [0.15, 0.2) is 5.11 Å². The van der Waals surface area contributed by atoms with Crippen LogP contribution in [0.15, 0.2) is 11.8 Å². The second-order valence-electron chi connectivity index (χ2n) is 3.87. The first-order chi connectivity index (χ1) is 8.02. The summed E-state index contributed by atoms with van der Waals surface area (Å²) in [5, 5.41) is 7.63. The number of likely N-dealkylation sites (N-methyl/N-ethyl adjacent to an activating group) is 1. The number of nitrogens with one attached hydrogen (secondary N) is 1. The zero-order chi connectivity index (χ0) is 12.6. The van der Waals surface area contributed by atoms with Gasteiger partial charge in [-0.3, -0.25) is 14.4 Å². The third-order valence-electron chi connectivity index (χ3n) is 2.70. The number of carbonyl (C=O) groups excluding carboxylic acids is 1. The average molecular weight is 250 g/mol. The van der Waals surface area contributed by atoms with E-state index in [2.05, 4.69) is 10.4 Å². The van der Waals surface area contributed by atoms with Gasteiger partial charge >= 0.3 is 0 Å². The molecule has 1 aliphatic heterocycles. The second-order valence-corrected chi connectivity index (χ2v) is 4.26. The van der Waals surface area contributed by atoms with Crippen molar-refractivity contribution in [1.82, 2.24) is 20.0 Å². The Bertz CT molecular complexity index is 498. The lowest BCUT2D eigenvalue weighted by molar-refractivity contribution is -0.122. The van der Waals surface area contributed by atoms with Crippen LogP contribution in [-0.4, -0.2) is 32.2 Å². The molecule has 6 heteroatoms. The first kappa shape index (κ1) is 11.8. The Morgan fingerprint density at radius 3 is 2.76 bits per heavy atom. The molecule has 5 nitrogen and oxygen atoms in total. The van der Waals surface area contributed by atoms with Crippen molar-refractivity contribution in [2.24, 2.45) is 7.05 Å². The number of amides is 1. The van der Waals surface area contributed by atoms with Crippen LogP contribution in [0.4, 0.5) is 0 Å². The molecular weight excluding hydrogens is 236 g/mol. The zero-order valence-electron chi connectivity index (χ0n) is 10.0. The van der Waals surface area contributed by atoms with Crippen molar-refractivity contribution in [1.29, 1.82) is 0 Å². The van der Waals surface area contributed by atoms with Crippen molar-refractivity contribution in [3.05, 3.63) is 23.2 Å². The third kappa shape index (κ3) is 2.08. The minimum absolute atomic E-state index is 0.0965. The SMILES string of the molecule is CCN1C(=O)/C(=C/c2cc(C)n(C)n2)NC1=S. The smallest absolute Gasteiger partial charge is 0.276 e. The second kappa shape index (κ2) is 4.29. The first-order valence-electron chi connectivity index (χ1n) is 5.38. The molecule has 0 unspecified atom stereocenters. The summed E-state index contributed by atoms with van der Waals surface area (Å²) < 4.78 is 1.77. The Morgan fingerprint density at radius 1 is 1.59 bits per heavy atom. The Hall–Kier alpha value is -1.69. The van der Waals surface area contributed by atoms with E-state index in [0.717, 1.165) is 11.4 Å². The summed E-state index contributed by atoms with van der Waals surface area (Å²) in [5.74, 6) is -0.0965. The van der Waals surface area contributed by atoms with Crippen LogP contribution in [0.1, 0.15) is 18.3 Å². The highest BCUT2D eigenvalue weighted by Gasteiger charge is 2.29. The Morgan fingerprint density at radius 2 is 2.29 bits per heavy atom. The maximum Gasteiger partial charge on any atom is 0.276 e. The number of hydrogen-bond donors (Lipinski definition) is 1. The Labute approximate surface area is 105 Å². The molecule has 0 saturated carbocycles. The van der Waals surface area contributed by atoms with E-state index in [1.807, 2.05) is 27.0 Å². The molecule has 1 amide bonds. The van der Waals surface area contributed by atoms with Crippen molar-refractivity contribution < 1.29 is 4.79 Å². The predicted octanol–water partition coefficient (Wildman–Crippen LogP) is 0.806. The van der Waals surface area contributed by atoms with Crippen LogP contribution in [-0.2, 0) is 11.8 Å². The van der Waals surface area contributed by atoms with Gasteiger partial charge in [0.25, 0.3) is 5.91 Å². The normalized spacial score (nSPS) is 18.1. The van der Waals surface area contributed by atoms with E-state index in [-0.39, 0.29) is 5.91 Å². The largest absolute Gasteiger partial charge is 0.328 e. The third-order valence-corrected chi connectivity index (χ3v) is 3.03. The maximum atomic E-state index is 11.9. The van der Waals surface area contributed by atoms with Gasteiger partial charge in [0, 0.05) is 19.3 Å². The van der Waals surface area contributed by atoms with Crippen molar-refractivity contribution >= 4 is 29.3 Å². The van der Waals surface area contributed by atoms with Gasteiger partial charge in [0.05, 0.1) is 5.69 Å². The maximum absolute atomic E-state index is 11.9. The highest BCUT2D eigenvalue weighted by atomic mass is 32.1. The molecule has 1 aliphatic rings. The summed E-state index contributed by atoms with van der Waals surface area (Å²) in [6, 6.07) is 1.92. The van der Waals surface area contributed by atoms with Gasteiger partial charge in [0.2, 0.25) is 0 Å². The van der Waals surface area contributed by atoms with Crippen molar-refractivity contribution in [3.8, 4) is 0 Å². The molecule has 1 N–H and O–H groups in total. The lowest BCUT2D eigenvalue weighted by Gasteiger charge is -2.08. The van der Waals surface area contributed by atoms with E-state index in [1.54, 1.807) is 10.8 Å². The van der Waals surface area contributed by atoms with Crippen LogP contribution in [0.3, 0.4) is 0 Å². The fraction of sp³-hybridized carbons (Fsp3) is 0.364. The predicted molar refractivity (Wildman–Crippen MR) is 69.0 cm³/mol. The van der Waals surface area contributed by atoms with Crippen LogP contribution in [0.25, 0.3) is 6.08 Å². The molecule has 90 valence electrons. The molecular formula is C11H14N4OS. The number of rotatable bonds is 2. The molecule has 0 spiro atoms. The molecule has 0 aliphatic carbocycles. The van der Waals surface area contributed by atoms with E-state index >= 15 is 0 Å². The van der Waals surface area contributed by atoms with Crippen LogP contribution in [0.2, 0.25) is 0 Å². The molecule has 0 radical (unpaired) electrons. The number of carbonyl (C=O) groups is 1. The summed E-state index contributed by atoms with van der Waals surface area (Å²) in [6.45, 7) is 4.42. The minimum Gasteiger partial charge on any atom is -0.328 e. The molecule has 1 fully saturated rings. The molecule has 1 saturated heterocycles. The fourth-order valence-corrected chi connectivity index (χ4v) is 1.99.